The Morgan fingerprint density at radius 2 is 1.78 bits per heavy atom. The molecule has 1 heterocycles. The van der Waals surface area contributed by atoms with Crippen LogP contribution in [0.25, 0.3) is 0 Å². The van der Waals surface area contributed by atoms with Gasteiger partial charge >= 0.3 is 0 Å². The van der Waals surface area contributed by atoms with Crippen molar-refractivity contribution in [3.05, 3.63) is 18.2 Å². The Bertz CT molecular complexity index is 588. The maximum atomic E-state index is 5.74. The Morgan fingerprint density at radius 1 is 1.11 bits per heavy atom. The first-order valence-electron chi connectivity index (χ1n) is 9.24. The molecule has 0 amide bonds. The fraction of sp³-hybridized carbons (Fsp3) is 0.632. The summed E-state index contributed by atoms with van der Waals surface area (Å²) in [5.41, 5.74) is 0. The van der Waals surface area contributed by atoms with E-state index in [9.17, 15) is 0 Å². The second kappa shape index (κ2) is 12.1. The number of halogens is 1. The van der Waals surface area contributed by atoms with Gasteiger partial charge in [-0.15, -0.1) is 24.0 Å². The first-order valence-corrected chi connectivity index (χ1v) is 9.24. The van der Waals surface area contributed by atoms with Crippen LogP contribution in [0.3, 0.4) is 0 Å². The predicted octanol–water partition coefficient (Wildman–Crippen LogP) is 2.70. The fourth-order valence-corrected chi connectivity index (χ4v) is 2.94. The van der Waals surface area contributed by atoms with E-state index in [0.29, 0.717) is 25.2 Å². The molecule has 0 bridgehead atoms. The first-order chi connectivity index (χ1) is 12.5. The van der Waals surface area contributed by atoms with Crippen LogP contribution in [-0.4, -0.2) is 63.0 Å². The molecule has 2 N–H and O–H groups in total. The van der Waals surface area contributed by atoms with Gasteiger partial charge in [0, 0.05) is 38.3 Å². The molecule has 0 aliphatic carbocycles. The van der Waals surface area contributed by atoms with Crippen molar-refractivity contribution in [3.8, 4) is 17.2 Å². The highest BCUT2D eigenvalue weighted by Crippen LogP contribution is 2.34. The second-order valence-corrected chi connectivity index (χ2v) is 6.71. The summed E-state index contributed by atoms with van der Waals surface area (Å²) in [6, 6.07) is 6.65. The minimum Gasteiger partial charge on any atom is -0.492 e. The third-order valence-electron chi connectivity index (χ3n) is 4.22. The third-order valence-corrected chi connectivity index (χ3v) is 4.22. The normalized spacial score (nSPS) is 13.1. The molecule has 1 aliphatic rings. The van der Waals surface area contributed by atoms with Gasteiger partial charge in [-0.1, -0.05) is 0 Å². The molecule has 0 fully saturated rings. The van der Waals surface area contributed by atoms with Crippen LogP contribution in [0.1, 0.15) is 27.7 Å². The minimum absolute atomic E-state index is 0. The summed E-state index contributed by atoms with van der Waals surface area (Å²) in [6.45, 7) is 12.2. The molecular formula is C19H33IN4O3. The van der Waals surface area contributed by atoms with E-state index in [1.165, 1.54) is 0 Å². The second-order valence-electron chi connectivity index (χ2n) is 6.71. The van der Waals surface area contributed by atoms with Gasteiger partial charge in [0.05, 0.1) is 6.54 Å². The molecule has 0 atom stereocenters. The van der Waals surface area contributed by atoms with E-state index in [2.05, 4.69) is 48.2 Å². The van der Waals surface area contributed by atoms with E-state index in [-0.39, 0.29) is 30.8 Å². The van der Waals surface area contributed by atoms with E-state index < -0.39 is 0 Å². The fourth-order valence-electron chi connectivity index (χ4n) is 2.94. The van der Waals surface area contributed by atoms with Crippen molar-refractivity contribution in [2.24, 2.45) is 4.99 Å². The number of fused-ring (bicyclic) bond motifs is 1. The number of rotatable bonds is 9. The Balaban J connectivity index is 0.00000364. The van der Waals surface area contributed by atoms with Crippen LogP contribution < -0.4 is 24.8 Å². The molecule has 154 valence electrons. The van der Waals surface area contributed by atoms with Gasteiger partial charge < -0.3 is 24.8 Å². The molecule has 7 nitrogen and oxygen atoms in total. The Hall–Kier alpha value is -1.42. The molecule has 0 saturated heterocycles. The number of aliphatic imine (C=N–C) groups is 1. The SMILES string of the molecule is CN=C(NCCOc1ccc2c(c1)OCO2)NCCN(C(C)C)C(C)C.I. The Labute approximate surface area is 179 Å². The lowest BCUT2D eigenvalue weighted by atomic mass is 10.2. The average Bonchev–Trinajstić information content (AvgIpc) is 3.07. The number of hydrogen-bond donors (Lipinski definition) is 2. The van der Waals surface area contributed by atoms with Crippen molar-refractivity contribution < 1.29 is 14.2 Å². The monoisotopic (exact) mass is 492 g/mol. The van der Waals surface area contributed by atoms with Gasteiger partial charge in [-0.3, -0.25) is 9.89 Å². The van der Waals surface area contributed by atoms with Gasteiger partial charge in [0.1, 0.15) is 12.4 Å². The summed E-state index contributed by atoms with van der Waals surface area (Å²) in [4.78, 5) is 6.70. The predicted molar refractivity (Wildman–Crippen MR) is 120 cm³/mol. The lowest BCUT2D eigenvalue weighted by Crippen LogP contribution is -2.45. The molecule has 27 heavy (non-hydrogen) atoms. The quantitative estimate of drug-likeness (QED) is 0.239. The van der Waals surface area contributed by atoms with E-state index in [4.69, 9.17) is 14.2 Å². The van der Waals surface area contributed by atoms with Gasteiger partial charge in [-0.2, -0.15) is 0 Å². The van der Waals surface area contributed by atoms with E-state index in [1.807, 2.05) is 18.2 Å². The summed E-state index contributed by atoms with van der Waals surface area (Å²) in [5.74, 6) is 3.04. The zero-order chi connectivity index (χ0) is 18.9. The standard InChI is InChI=1S/C19H32N4O3.HI/c1-14(2)23(15(3)4)10-8-21-19(20-5)22-9-11-24-16-6-7-17-18(12-16)26-13-25-17;/h6-7,12,14-15H,8-11,13H2,1-5H3,(H2,20,21,22);1H. The van der Waals surface area contributed by atoms with Gasteiger partial charge in [0.15, 0.2) is 17.5 Å². The molecule has 1 aromatic rings. The summed E-state index contributed by atoms with van der Waals surface area (Å²) in [6.07, 6.45) is 0. The van der Waals surface area contributed by atoms with Crippen molar-refractivity contribution in [1.82, 2.24) is 15.5 Å². The maximum absolute atomic E-state index is 5.74. The van der Waals surface area contributed by atoms with Gasteiger partial charge in [0.2, 0.25) is 6.79 Å². The summed E-state index contributed by atoms with van der Waals surface area (Å²) >= 11 is 0. The molecule has 0 radical (unpaired) electrons. The number of hydrogen-bond acceptors (Lipinski definition) is 5. The topological polar surface area (TPSA) is 67.4 Å². The average molecular weight is 492 g/mol. The van der Waals surface area contributed by atoms with E-state index in [1.54, 1.807) is 7.05 Å². The van der Waals surface area contributed by atoms with Crippen LogP contribution in [-0.2, 0) is 0 Å². The van der Waals surface area contributed by atoms with Crippen molar-refractivity contribution in [3.63, 3.8) is 0 Å². The van der Waals surface area contributed by atoms with Crippen LogP contribution in [0.15, 0.2) is 23.2 Å². The maximum Gasteiger partial charge on any atom is 0.231 e. The molecule has 1 aliphatic heterocycles. The molecule has 2 rings (SSSR count). The van der Waals surface area contributed by atoms with Gasteiger partial charge in [-0.05, 0) is 39.8 Å². The summed E-state index contributed by atoms with van der Waals surface area (Å²) in [7, 11) is 1.77. The number of benzene rings is 1. The zero-order valence-corrected chi connectivity index (χ0v) is 19.3. The van der Waals surface area contributed by atoms with Crippen LogP contribution in [0.5, 0.6) is 17.2 Å². The van der Waals surface area contributed by atoms with Gasteiger partial charge in [0.25, 0.3) is 0 Å². The summed E-state index contributed by atoms with van der Waals surface area (Å²) < 4.78 is 16.4. The van der Waals surface area contributed by atoms with Crippen LogP contribution in [0, 0.1) is 0 Å². The van der Waals surface area contributed by atoms with E-state index >= 15 is 0 Å². The summed E-state index contributed by atoms with van der Waals surface area (Å²) in [5, 5.41) is 6.61. The molecule has 1 aromatic carbocycles. The molecule has 8 heteroatoms. The number of nitrogens with one attached hydrogen (secondary N) is 2. The van der Waals surface area contributed by atoms with Crippen LogP contribution >= 0.6 is 24.0 Å². The van der Waals surface area contributed by atoms with Crippen molar-refractivity contribution in [2.75, 3.05) is 40.1 Å². The highest BCUT2D eigenvalue weighted by atomic mass is 127. The molecule has 0 spiro atoms. The van der Waals surface area contributed by atoms with Gasteiger partial charge in [-0.25, -0.2) is 0 Å². The third kappa shape index (κ3) is 7.61. The lowest BCUT2D eigenvalue weighted by Gasteiger charge is -2.30. The number of guanidine groups is 1. The van der Waals surface area contributed by atoms with Crippen LogP contribution in [0.2, 0.25) is 0 Å². The number of nitrogens with zero attached hydrogens (tertiary/aromatic N) is 2. The smallest absolute Gasteiger partial charge is 0.231 e. The van der Waals surface area contributed by atoms with E-state index in [0.717, 1.165) is 36.3 Å². The van der Waals surface area contributed by atoms with Crippen LogP contribution in [0.4, 0.5) is 0 Å². The lowest BCUT2D eigenvalue weighted by molar-refractivity contribution is 0.173. The zero-order valence-electron chi connectivity index (χ0n) is 16.9. The minimum atomic E-state index is 0. The highest BCUT2D eigenvalue weighted by Gasteiger charge is 2.14. The Morgan fingerprint density at radius 3 is 2.44 bits per heavy atom. The Kier molecular flexibility index (Phi) is 10.6. The molecular weight excluding hydrogens is 459 g/mol. The molecule has 0 saturated carbocycles. The van der Waals surface area contributed by atoms with Crippen molar-refractivity contribution in [2.45, 2.75) is 39.8 Å². The van der Waals surface area contributed by atoms with Crippen molar-refractivity contribution in [1.29, 1.82) is 0 Å². The largest absolute Gasteiger partial charge is 0.492 e. The molecule has 0 unspecified atom stereocenters. The first kappa shape index (κ1) is 23.6. The van der Waals surface area contributed by atoms with Crippen molar-refractivity contribution >= 4 is 29.9 Å². The number of ether oxygens (including phenoxy) is 3. The molecule has 0 aromatic heterocycles. The highest BCUT2D eigenvalue weighted by molar-refractivity contribution is 14.0.